The van der Waals surface area contributed by atoms with Crippen LogP contribution in [0.1, 0.15) is 32.1 Å². The number of carbonyl (C=O) groups is 1. The lowest BCUT2D eigenvalue weighted by atomic mass is 9.72. The van der Waals surface area contributed by atoms with Gasteiger partial charge in [0.1, 0.15) is 5.78 Å². The van der Waals surface area contributed by atoms with Gasteiger partial charge >= 0.3 is 7.05 Å². The Morgan fingerprint density at radius 1 is 1.36 bits per heavy atom. The zero-order valence-corrected chi connectivity index (χ0v) is 8.83. The second kappa shape index (κ2) is 3.67. The highest BCUT2D eigenvalue weighted by molar-refractivity contribution is 6.45. The first-order chi connectivity index (χ1) is 6.64. The van der Waals surface area contributed by atoms with Gasteiger partial charge in [-0.25, -0.2) is 0 Å². The van der Waals surface area contributed by atoms with E-state index in [0.717, 1.165) is 45.2 Å². The highest BCUT2D eigenvalue weighted by atomic mass is 16.2. The molecule has 2 rings (SSSR count). The molecule has 0 atom stereocenters. The lowest BCUT2D eigenvalue weighted by Gasteiger charge is -2.38. The van der Waals surface area contributed by atoms with E-state index in [1.165, 1.54) is 0 Å². The van der Waals surface area contributed by atoms with Crippen molar-refractivity contribution in [2.45, 2.75) is 38.9 Å². The highest BCUT2D eigenvalue weighted by Gasteiger charge is 2.44. The third kappa shape index (κ3) is 1.61. The summed E-state index contributed by atoms with van der Waals surface area (Å²) in [4.78, 5) is 13.8. The zero-order chi connectivity index (χ0) is 10.2. The number of Topliss-reactive ketones (excluding diaryl/α,β-unsaturated/α-hetero) is 1. The van der Waals surface area contributed by atoms with Crippen molar-refractivity contribution in [3.05, 3.63) is 0 Å². The number of piperidine rings is 1. The van der Waals surface area contributed by atoms with Crippen molar-refractivity contribution in [3.63, 3.8) is 0 Å². The number of hydrogen-bond acceptors (Lipinski definition) is 3. The van der Waals surface area contributed by atoms with E-state index >= 15 is 0 Å². The van der Waals surface area contributed by atoms with Crippen LogP contribution in [0, 0.1) is 5.41 Å². The molecule has 1 heterocycles. The molecule has 1 aliphatic heterocycles. The van der Waals surface area contributed by atoms with Crippen LogP contribution in [0.5, 0.6) is 0 Å². The molecule has 1 N–H and O–H groups in total. The third-order valence-electron chi connectivity index (χ3n) is 3.93. The molecule has 2 aliphatic rings. The van der Waals surface area contributed by atoms with Crippen LogP contribution in [0.15, 0.2) is 0 Å². The molecule has 0 unspecified atom stereocenters. The largest absolute Gasteiger partial charge is 0.437 e. The molecule has 0 aromatic heterocycles. The van der Waals surface area contributed by atoms with E-state index < -0.39 is 0 Å². The molecular formula is C10H18BNO2. The van der Waals surface area contributed by atoms with Crippen LogP contribution in [-0.4, -0.2) is 35.8 Å². The van der Waals surface area contributed by atoms with Gasteiger partial charge in [-0.15, -0.1) is 0 Å². The van der Waals surface area contributed by atoms with Crippen molar-refractivity contribution < 1.29 is 9.82 Å². The summed E-state index contributed by atoms with van der Waals surface area (Å²) in [6.45, 7) is 3.56. The van der Waals surface area contributed by atoms with Crippen LogP contribution in [0.4, 0.5) is 0 Å². The molecule has 0 aromatic carbocycles. The maximum atomic E-state index is 11.7. The smallest absolute Gasteiger partial charge is 0.376 e. The topological polar surface area (TPSA) is 40.5 Å². The quantitative estimate of drug-likeness (QED) is 0.632. The predicted octanol–water partition coefficient (Wildman–Crippen LogP) is 0.932. The first-order valence-electron chi connectivity index (χ1n) is 5.59. The Kier molecular flexibility index (Phi) is 2.67. The van der Waals surface area contributed by atoms with Crippen molar-refractivity contribution in [3.8, 4) is 0 Å². The lowest BCUT2D eigenvalue weighted by Crippen LogP contribution is -2.47. The Bertz CT molecular complexity index is 234. The zero-order valence-electron chi connectivity index (χ0n) is 8.83. The van der Waals surface area contributed by atoms with Crippen molar-refractivity contribution in [1.82, 2.24) is 4.81 Å². The number of nitrogens with zero attached hydrogens (tertiary/aromatic N) is 1. The fraction of sp³-hybridized carbons (Fsp3) is 0.900. The molecule has 1 aliphatic carbocycles. The monoisotopic (exact) mass is 195 g/mol. The summed E-state index contributed by atoms with van der Waals surface area (Å²) in [5.41, 5.74) is 0.00535. The van der Waals surface area contributed by atoms with Crippen molar-refractivity contribution >= 4 is 12.8 Å². The summed E-state index contributed by atoms with van der Waals surface area (Å²) in [7, 11) is -0.358. The van der Waals surface area contributed by atoms with Gasteiger partial charge in [-0.05, 0) is 45.6 Å². The van der Waals surface area contributed by atoms with Crippen LogP contribution in [0.2, 0.25) is 6.82 Å². The van der Waals surface area contributed by atoms with Gasteiger partial charge < -0.3 is 9.83 Å². The number of hydrogen-bond donors (Lipinski definition) is 1. The minimum Gasteiger partial charge on any atom is -0.437 e. The fourth-order valence-corrected chi connectivity index (χ4v) is 2.85. The molecule has 4 heteroatoms. The SMILES string of the molecule is CB(O)N1CCC2(CCCC2=O)CC1. The summed E-state index contributed by atoms with van der Waals surface area (Å²) >= 11 is 0. The molecule has 78 valence electrons. The molecule has 0 aromatic rings. The Labute approximate surface area is 85.6 Å². The van der Waals surface area contributed by atoms with Crippen molar-refractivity contribution in [2.24, 2.45) is 5.41 Å². The van der Waals surface area contributed by atoms with E-state index in [1.807, 2.05) is 0 Å². The van der Waals surface area contributed by atoms with E-state index in [2.05, 4.69) is 4.81 Å². The van der Waals surface area contributed by atoms with Gasteiger partial charge in [-0.1, -0.05) is 0 Å². The molecule has 1 saturated carbocycles. The molecule has 0 amide bonds. The van der Waals surface area contributed by atoms with Crippen LogP contribution in [0.3, 0.4) is 0 Å². The van der Waals surface area contributed by atoms with Gasteiger partial charge in [0, 0.05) is 11.8 Å². The van der Waals surface area contributed by atoms with Gasteiger partial charge in [-0.3, -0.25) is 4.79 Å². The number of ketones is 1. The summed E-state index contributed by atoms with van der Waals surface area (Å²) in [6, 6.07) is 0. The minimum atomic E-state index is -0.358. The summed E-state index contributed by atoms with van der Waals surface area (Å²) < 4.78 is 0. The Balaban J connectivity index is 1.98. The van der Waals surface area contributed by atoms with E-state index in [4.69, 9.17) is 0 Å². The Morgan fingerprint density at radius 3 is 2.43 bits per heavy atom. The predicted molar refractivity (Wildman–Crippen MR) is 55.9 cm³/mol. The van der Waals surface area contributed by atoms with E-state index in [-0.39, 0.29) is 12.5 Å². The highest BCUT2D eigenvalue weighted by Crippen LogP contribution is 2.43. The summed E-state index contributed by atoms with van der Waals surface area (Å²) in [5.74, 6) is 0.475. The molecule has 0 bridgehead atoms. The lowest BCUT2D eigenvalue weighted by molar-refractivity contribution is -0.127. The average Bonchev–Trinajstić information content (AvgIpc) is 2.49. The molecule has 2 fully saturated rings. The number of carbonyl (C=O) groups excluding carboxylic acids is 1. The number of rotatable bonds is 1. The van der Waals surface area contributed by atoms with Crippen LogP contribution in [-0.2, 0) is 4.79 Å². The molecule has 1 saturated heterocycles. The molecule has 1 spiro atoms. The Morgan fingerprint density at radius 2 is 2.00 bits per heavy atom. The van der Waals surface area contributed by atoms with Crippen LogP contribution >= 0.6 is 0 Å². The molecular weight excluding hydrogens is 177 g/mol. The molecule has 0 radical (unpaired) electrons. The fourth-order valence-electron chi connectivity index (χ4n) is 2.85. The second-order valence-electron chi connectivity index (χ2n) is 4.72. The maximum Gasteiger partial charge on any atom is 0.376 e. The van der Waals surface area contributed by atoms with Gasteiger partial charge in [0.15, 0.2) is 0 Å². The van der Waals surface area contributed by atoms with Gasteiger partial charge in [0.2, 0.25) is 0 Å². The third-order valence-corrected chi connectivity index (χ3v) is 3.93. The maximum absolute atomic E-state index is 11.7. The molecule has 3 nitrogen and oxygen atoms in total. The van der Waals surface area contributed by atoms with Gasteiger partial charge in [0.25, 0.3) is 0 Å². The van der Waals surface area contributed by atoms with E-state index in [1.54, 1.807) is 6.82 Å². The Hall–Kier alpha value is -0.345. The molecule has 14 heavy (non-hydrogen) atoms. The first kappa shape index (κ1) is 10.2. The van der Waals surface area contributed by atoms with E-state index in [0.29, 0.717) is 5.78 Å². The van der Waals surface area contributed by atoms with Crippen molar-refractivity contribution in [2.75, 3.05) is 13.1 Å². The summed E-state index contributed by atoms with van der Waals surface area (Å²) in [5, 5.41) is 9.42. The van der Waals surface area contributed by atoms with Crippen molar-refractivity contribution in [1.29, 1.82) is 0 Å². The van der Waals surface area contributed by atoms with Crippen LogP contribution < -0.4 is 0 Å². The normalized spacial score (nSPS) is 27.1. The average molecular weight is 195 g/mol. The minimum absolute atomic E-state index is 0.00535. The van der Waals surface area contributed by atoms with E-state index in [9.17, 15) is 9.82 Å². The van der Waals surface area contributed by atoms with Crippen LogP contribution in [0.25, 0.3) is 0 Å². The standard InChI is InChI=1S/C10H18BNO2/c1-11(14)12-7-5-10(6-8-12)4-2-3-9(10)13/h14H,2-8H2,1H3. The second-order valence-corrected chi connectivity index (χ2v) is 4.72. The van der Waals surface area contributed by atoms with Gasteiger partial charge in [0.05, 0.1) is 0 Å². The summed E-state index contributed by atoms with van der Waals surface area (Å²) in [6.07, 6.45) is 4.86. The van der Waals surface area contributed by atoms with Gasteiger partial charge in [-0.2, -0.15) is 0 Å². The first-order valence-corrected chi connectivity index (χ1v) is 5.59.